The zero-order valence-corrected chi connectivity index (χ0v) is 16.2. The van der Waals surface area contributed by atoms with E-state index >= 15 is 0 Å². The standard InChI is InChI=1S/C20H14BrClN2O2/c1-2-26-20(25)16-11-23-24-18(12-6-4-3-5-7-12)17(21)14-9-8-13(22)10-15(14)19(16)24/h3-11H,2H2,1H3. The number of halogens is 2. The van der Waals surface area contributed by atoms with Crippen molar-refractivity contribution in [2.45, 2.75) is 6.92 Å². The lowest BCUT2D eigenvalue weighted by atomic mass is 10.0. The summed E-state index contributed by atoms with van der Waals surface area (Å²) in [6.07, 6.45) is 1.55. The van der Waals surface area contributed by atoms with Crippen LogP contribution in [0.5, 0.6) is 0 Å². The second-order valence-corrected chi connectivity index (χ2v) is 6.99. The molecular weight excluding hydrogens is 416 g/mol. The van der Waals surface area contributed by atoms with Gasteiger partial charge in [0.2, 0.25) is 0 Å². The molecule has 0 aliphatic carbocycles. The number of nitrogens with zero attached hydrogens (tertiary/aromatic N) is 2. The normalized spacial score (nSPS) is 11.2. The molecule has 0 spiro atoms. The molecular formula is C20H14BrClN2O2. The van der Waals surface area contributed by atoms with E-state index in [1.54, 1.807) is 17.6 Å². The number of carbonyl (C=O) groups is 1. The summed E-state index contributed by atoms with van der Waals surface area (Å²) in [5.41, 5.74) is 2.96. The zero-order chi connectivity index (χ0) is 18.3. The third-order valence-corrected chi connectivity index (χ3v) is 5.24. The molecule has 26 heavy (non-hydrogen) atoms. The molecule has 0 amide bonds. The molecule has 0 aliphatic heterocycles. The van der Waals surface area contributed by atoms with Crippen LogP contribution in [0.2, 0.25) is 5.02 Å². The smallest absolute Gasteiger partial charge is 0.342 e. The lowest BCUT2D eigenvalue weighted by molar-refractivity contribution is 0.0528. The van der Waals surface area contributed by atoms with E-state index in [1.165, 1.54) is 0 Å². The van der Waals surface area contributed by atoms with Gasteiger partial charge in [-0.2, -0.15) is 5.10 Å². The van der Waals surface area contributed by atoms with Gasteiger partial charge < -0.3 is 4.74 Å². The Morgan fingerprint density at radius 3 is 2.69 bits per heavy atom. The van der Waals surface area contributed by atoms with E-state index in [0.717, 1.165) is 26.5 Å². The number of pyridine rings is 1. The molecule has 2 heterocycles. The Morgan fingerprint density at radius 2 is 1.96 bits per heavy atom. The van der Waals surface area contributed by atoms with Gasteiger partial charge in [-0.15, -0.1) is 0 Å². The summed E-state index contributed by atoms with van der Waals surface area (Å²) in [6, 6.07) is 15.5. The summed E-state index contributed by atoms with van der Waals surface area (Å²) in [6.45, 7) is 2.08. The molecule has 0 saturated heterocycles. The molecule has 4 aromatic rings. The predicted octanol–water partition coefficient (Wildman–Crippen LogP) is 5.75. The molecule has 2 aromatic heterocycles. The van der Waals surface area contributed by atoms with Gasteiger partial charge in [-0.25, -0.2) is 9.31 Å². The zero-order valence-electron chi connectivity index (χ0n) is 13.9. The molecule has 0 atom stereocenters. The van der Waals surface area contributed by atoms with Gasteiger partial charge in [0.25, 0.3) is 0 Å². The van der Waals surface area contributed by atoms with Crippen molar-refractivity contribution in [3.05, 3.63) is 69.8 Å². The van der Waals surface area contributed by atoms with Crippen LogP contribution < -0.4 is 0 Å². The highest BCUT2D eigenvalue weighted by Crippen LogP contribution is 2.39. The summed E-state index contributed by atoms with van der Waals surface area (Å²) in [5, 5.41) is 6.86. The summed E-state index contributed by atoms with van der Waals surface area (Å²) < 4.78 is 7.87. The van der Waals surface area contributed by atoms with Crippen molar-refractivity contribution in [2.24, 2.45) is 0 Å². The largest absolute Gasteiger partial charge is 0.462 e. The van der Waals surface area contributed by atoms with E-state index in [1.807, 2.05) is 48.5 Å². The van der Waals surface area contributed by atoms with E-state index in [4.69, 9.17) is 16.3 Å². The average molecular weight is 430 g/mol. The number of ether oxygens (including phenoxy) is 1. The first-order valence-electron chi connectivity index (χ1n) is 8.12. The number of rotatable bonds is 3. The highest BCUT2D eigenvalue weighted by atomic mass is 79.9. The van der Waals surface area contributed by atoms with Crippen LogP contribution in [0.15, 0.2) is 59.2 Å². The number of esters is 1. The van der Waals surface area contributed by atoms with Crippen LogP contribution in [0.4, 0.5) is 0 Å². The van der Waals surface area contributed by atoms with Crippen molar-refractivity contribution in [2.75, 3.05) is 6.61 Å². The first kappa shape index (κ1) is 17.1. The summed E-state index contributed by atoms with van der Waals surface area (Å²) >= 11 is 9.95. The van der Waals surface area contributed by atoms with Gasteiger partial charge in [0, 0.05) is 21.4 Å². The van der Waals surface area contributed by atoms with Crippen LogP contribution in [0.3, 0.4) is 0 Å². The monoisotopic (exact) mass is 428 g/mol. The van der Waals surface area contributed by atoms with Crippen LogP contribution in [0.25, 0.3) is 27.5 Å². The Hall–Kier alpha value is -2.37. The van der Waals surface area contributed by atoms with Crippen LogP contribution in [-0.2, 0) is 4.74 Å². The van der Waals surface area contributed by atoms with Crippen molar-refractivity contribution >= 4 is 49.8 Å². The number of hydrogen-bond donors (Lipinski definition) is 0. The third kappa shape index (κ3) is 2.68. The molecule has 0 unspecified atom stereocenters. The molecule has 4 rings (SSSR count). The van der Waals surface area contributed by atoms with Gasteiger partial charge in [-0.05, 0) is 35.0 Å². The first-order chi connectivity index (χ1) is 12.6. The fourth-order valence-corrected chi connectivity index (χ4v) is 4.02. The van der Waals surface area contributed by atoms with Crippen molar-refractivity contribution in [3.63, 3.8) is 0 Å². The Labute approximate surface area is 163 Å². The highest BCUT2D eigenvalue weighted by molar-refractivity contribution is 9.10. The van der Waals surface area contributed by atoms with E-state index in [2.05, 4.69) is 21.0 Å². The molecule has 130 valence electrons. The molecule has 0 bridgehead atoms. The van der Waals surface area contributed by atoms with Crippen LogP contribution >= 0.6 is 27.5 Å². The Balaban J connectivity index is 2.17. The number of fused-ring (bicyclic) bond motifs is 3. The third-order valence-electron chi connectivity index (χ3n) is 4.20. The molecule has 4 nitrogen and oxygen atoms in total. The maximum absolute atomic E-state index is 12.5. The Kier molecular flexibility index (Phi) is 4.42. The van der Waals surface area contributed by atoms with Crippen molar-refractivity contribution < 1.29 is 9.53 Å². The van der Waals surface area contributed by atoms with Crippen molar-refractivity contribution in [1.29, 1.82) is 0 Å². The average Bonchev–Trinajstić information content (AvgIpc) is 3.08. The number of carbonyl (C=O) groups excluding carboxylic acids is 1. The molecule has 0 radical (unpaired) electrons. The quantitative estimate of drug-likeness (QED) is 0.390. The highest BCUT2D eigenvalue weighted by Gasteiger charge is 2.22. The van der Waals surface area contributed by atoms with Gasteiger partial charge in [0.15, 0.2) is 0 Å². The predicted molar refractivity (Wildman–Crippen MR) is 107 cm³/mol. The second kappa shape index (κ2) is 6.74. The van der Waals surface area contributed by atoms with Gasteiger partial charge >= 0.3 is 5.97 Å². The minimum atomic E-state index is -0.398. The fourth-order valence-electron chi connectivity index (χ4n) is 3.10. The number of hydrogen-bond acceptors (Lipinski definition) is 3. The SMILES string of the molecule is CCOC(=O)c1cnn2c(-c3ccccc3)c(Br)c3ccc(Cl)cc3c12. The maximum atomic E-state index is 12.5. The van der Waals surface area contributed by atoms with Gasteiger partial charge in [-0.3, -0.25) is 0 Å². The molecule has 0 fully saturated rings. The van der Waals surface area contributed by atoms with Gasteiger partial charge in [0.1, 0.15) is 5.56 Å². The minimum Gasteiger partial charge on any atom is -0.462 e. The molecule has 0 N–H and O–H groups in total. The van der Waals surface area contributed by atoms with Gasteiger partial charge in [0.05, 0.1) is 28.5 Å². The topological polar surface area (TPSA) is 43.6 Å². The lowest BCUT2D eigenvalue weighted by Crippen LogP contribution is -2.05. The maximum Gasteiger partial charge on any atom is 0.342 e. The van der Waals surface area contributed by atoms with Gasteiger partial charge in [-0.1, -0.05) is 48.0 Å². The molecule has 2 aromatic carbocycles. The van der Waals surface area contributed by atoms with E-state index < -0.39 is 5.97 Å². The van der Waals surface area contributed by atoms with E-state index in [-0.39, 0.29) is 0 Å². The van der Waals surface area contributed by atoms with Crippen LogP contribution in [-0.4, -0.2) is 22.2 Å². The Bertz CT molecular complexity index is 1140. The van der Waals surface area contributed by atoms with Crippen molar-refractivity contribution in [1.82, 2.24) is 9.61 Å². The van der Waals surface area contributed by atoms with Crippen LogP contribution in [0, 0.1) is 0 Å². The lowest BCUT2D eigenvalue weighted by Gasteiger charge is -2.13. The summed E-state index contributed by atoms with van der Waals surface area (Å²) in [5.74, 6) is -0.398. The Morgan fingerprint density at radius 1 is 1.19 bits per heavy atom. The second-order valence-electron chi connectivity index (χ2n) is 5.76. The van der Waals surface area contributed by atoms with E-state index in [0.29, 0.717) is 22.7 Å². The number of benzene rings is 2. The minimum absolute atomic E-state index is 0.303. The van der Waals surface area contributed by atoms with Crippen LogP contribution in [0.1, 0.15) is 17.3 Å². The summed E-state index contributed by atoms with van der Waals surface area (Å²) in [7, 11) is 0. The van der Waals surface area contributed by atoms with Crippen molar-refractivity contribution in [3.8, 4) is 11.3 Å². The summed E-state index contributed by atoms with van der Waals surface area (Å²) in [4.78, 5) is 12.5. The first-order valence-corrected chi connectivity index (χ1v) is 9.30. The fraction of sp³-hybridized carbons (Fsp3) is 0.100. The molecule has 0 aliphatic rings. The molecule has 0 saturated carbocycles. The number of aromatic nitrogens is 2. The molecule has 6 heteroatoms. The van der Waals surface area contributed by atoms with E-state index in [9.17, 15) is 4.79 Å².